The smallest absolute Gasteiger partial charge is 0.127 e. The van der Waals surface area contributed by atoms with Gasteiger partial charge in [0.25, 0.3) is 0 Å². The molecular weight excluding hydrogens is 224 g/mol. The molecule has 0 saturated heterocycles. The maximum absolute atomic E-state index is 9.16. The van der Waals surface area contributed by atoms with Crippen molar-refractivity contribution < 1.29 is 4.74 Å². The Balaban J connectivity index is 3.36. The molecule has 0 bridgehead atoms. The minimum absolute atomic E-state index is 0.354. The molecule has 1 aromatic rings. The number of ether oxygens (including phenoxy) is 1. The highest BCUT2D eigenvalue weighted by Crippen LogP contribution is 2.33. The summed E-state index contributed by atoms with van der Waals surface area (Å²) in [6, 6.07) is 5.49. The summed E-state index contributed by atoms with van der Waals surface area (Å²) < 4.78 is 5.33. The third kappa shape index (κ3) is 2.46. The molecule has 0 aliphatic rings. The number of halogens is 1. The second kappa shape index (κ2) is 5.20. The van der Waals surface area contributed by atoms with Gasteiger partial charge in [-0.15, -0.1) is 0 Å². The molecule has 86 valence electrons. The van der Waals surface area contributed by atoms with Gasteiger partial charge in [-0.3, -0.25) is 4.90 Å². The number of hydrogen-bond acceptors (Lipinski definition) is 3. The van der Waals surface area contributed by atoms with Crippen LogP contribution in [0.4, 0.5) is 0 Å². The fourth-order valence-electron chi connectivity index (χ4n) is 1.70. The Kier molecular flexibility index (Phi) is 4.17. The lowest BCUT2D eigenvalue weighted by Crippen LogP contribution is -2.19. The van der Waals surface area contributed by atoms with E-state index in [0.29, 0.717) is 5.02 Å². The highest BCUT2D eigenvalue weighted by atomic mass is 35.5. The van der Waals surface area contributed by atoms with Crippen LogP contribution in [0.25, 0.3) is 0 Å². The first-order valence-corrected chi connectivity index (χ1v) is 5.29. The van der Waals surface area contributed by atoms with Crippen molar-refractivity contribution in [3.05, 3.63) is 28.3 Å². The fraction of sp³-hybridized carbons (Fsp3) is 0.417. The molecule has 3 nitrogen and oxygen atoms in total. The van der Waals surface area contributed by atoms with Gasteiger partial charge in [0, 0.05) is 10.6 Å². The van der Waals surface area contributed by atoms with Gasteiger partial charge in [0.05, 0.1) is 13.2 Å². The van der Waals surface area contributed by atoms with Crippen molar-refractivity contribution in [2.24, 2.45) is 0 Å². The minimum atomic E-state index is -0.354. The van der Waals surface area contributed by atoms with Gasteiger partial charge in [-0.05, 0) is 38.7 Å². The standard InChI is InChI=1S/C12H15ClN2O/c1-8-5-9(13)6-10(12(8)16-4)11(7-14)15(2)3/h5-6,11H,1-4H3. The second-order valence-electron chi connectivity index (χ2n) is 3.84. The summed E-state index contributed by atoms with van der Waals surface area (Å²) in [6.07, 6.45) is 0. The average molecular weight is 239 g/mol. The predicted molar refractivity (Wildman–Crippen MR) is 64.8 cm³/mol. The van der Waals surface area contributed by atoms with Gasteiger partial charge in [-0.2, -0.15) is 5.26 Å². The Labute approximate surface area is 101 Å². The summed E-state index contributed by atoms with van der Waals surface area (Å²) in [6.45, 7) is 1.91. The van der Waals surface area contributed by atoms with Crippen LogP contribution < -0.4 is 4.74 Å². The van der Waals surface area contributed by atoms with Crippen molar-refractivity contribution in [1.82, 2.24) is 4.90 Å². The quantitative estimate of drug-likeness (QED) is 0.813. The number of rotatable bonds is 3. The van der Waals surface area contributed by atoms with Gasteiger partial charge < -0.3 is 4.74 Å². The lowest BCUT2D eigenvalue weighted by atomic mass is 10.0. The maximum Gasteiger partial charge on any atom is 0.127 e. The van der Waals surface area contributed by atoms with E-state index in [1.54, 1.807) is 13.2 Å². The summed E-state index contributed by atoms with van der Waals surface area (Å²) >= 11 is 6.00. The zero-order chi connectivity index (χ0) is 12.3. The molecule has 0 fully saturated rings. The highest BCUT2D eigenvalue weighted by molar-refractivity contribution is 6.30. The molecule has 4 heteroatoms. The average Bonchev–Trinajstić information content (AvgIpc) is 2.17. The van der Waals surface area contributed by atoms with E-state index < -0.39 is 0 Å². The number of hydrogen-bond donors (Lipinski definition) is 0. The van der Waals surface area contributed by atoms with E-state index in [0.717, 1.165) is 16.9 Å². The lowest BCUT2D eigenvalue weighted by molar-refractivity contribution is 0.339. The summed E-state index contributed by atoms with van der Waals surface area (Å²) in [4.78, 5) is 1.83. The molecule has 1 aromatic carbocycles. The third-order valence-electron chi connectivity index (χ3n) is 2.41. The molecule has 0 aliphatic carbocycles. The largest absolute Gasteiger partial charge is 0.496 e. The van der Waals surface area contributed by atoms with Crippen LogP contribution in [-0.4, -0.2) is 26.1 Å². The van der Waals surface area contributed by atoms with Crippen molar-refractivity contribution in [3.63, 3.8) is 0 Å². The monoisotopic (exact) mass is 238 g/mol. The van der Waals surface area contributed by atoms with Crippen LogP contribution in [0, 0.1) is 18.3 Å². The van der Waals surface area contributed by atoms with E-state index in [9.17, 15) is 0 Å². The summed E-state index contributed by atoms with van der Waals surface area (Å²) in [5.74, 6) is 0.727. The molecule has 1 unspecified atom stereocenters. The summed E-state index contributed by atoms with van der Waals surface area (Å²) in [5.41, 5.74) is 1.74. The number of methoxy groups -OCH3 is 1. The zero-order valence-electron chi connectivity index (χ0n) is 9.91. The van der Waals surface area contributed by atoms with Crippen LogP contribution in [0.3, 0.4) is 0 Å². The third-order valence-corrected chi connectivity index (χ3v) is 2.62. The van der Waals surface area contributed by atoms with Crippen LogP contribution in [0.5, 0.6) is 5.75 Å². The Hall–Kier alpha value is -1.24. The van der Waals surface area contributed by atoms with Crippen LogP contribution in [0.2, 0.25) is 5.02 Å². The van der Waals surface area contributed by atoms with Gasteiger partial charge in [-0.25, -0.2) is 0 Å². The van der Waals surface area contributed by atoms with E-state index in [-0.39, 0.29) is 6.04 Å². The Morgan fingerprint density at radius 2 is 2.06 bits per heavy atom. The first kappa shape index (κ1) is 12.8. The van der Waals surface area contributed by atoms with E-state index in [2.05, 4.69) is 6.07 Å². The van der Waals surface area contributed by atoms with Gasteiger partial charge in [0.15, 0.2) is 0 Å². The Morgan fingerprint density at radius 3 is 2.50 bits per heavy atom. The number of nitriles is 1. The first-order valence-electron chi connectivity index (χ1n) is 4.91. The summed E-state index contributed by atoms with van der Waals surface area (Å²) in [5, 5.41) is 9.78. The van der Waals surface area contributed by atoms with Crippen LogP contribution in [-0.2, 0) is 0 Å². The second-order valence-corrected chi connectivity index (χ2v) is 4.28. The van der Waals surface area contributed by atoms with Gasteiger partial charge in [0.1, 0.15) is 11.8 Å². The predicted octanol–water partition coefficient (Wildman–Crippen LogP) is 2.78. The van der Waals surface area contributed by atoms with Gasteiger partial charge in [-0.1, -0.05) is 11.6 Å². The Bertz CT molecular complexity index is 424. The first-order chi connectivity index (χ1) is 7.51. The van der Waals surface area contributed by atoms with Crippen LogP contribution in [0.15, 0.2) is 12.1 Å². The minimum Gasteiger partial charge on any atom is -0.496 e. The Morgan fingerprint density at radius 1 is 1.44 bits per heavy atom. The molecule has 1 atom stereocenters. The maximum atomic E-state index is 9.16. The highest BCUT2D eigenvalue weighted by Gasteiger charge is 2.19. The van der Waals surface area contributed by atoms with E-state index in [1.165, 1.54) is 0 Å². The number of aryl methyl sites for hydroxylation is 1. The van der Waals surface area contributed by atoms with Crippen LogP contribution >= 0.6 is 11.6 Å². The van der Waals surface area contributed by atoms with E-state index in [1.807, 2.05) is 32.0 Å². The number of nitrogens with zero attached hydrogens (tertiary/aromatic N) is 2. The molecule has 0 spiro atoms. The number of benzene rings is 1. The van der Waals surface area contributed by atoms with Crippen molar-refractivity contribution in [1.29, 1.82) is 5.26 Å². The van der Waals surface area contributed by atoms with Crippen molar-refractivity contribution >= 4 is 11.6 Å². The zero-order valence-corrected chi connectivity index (χ0v) is 10.7. The van der Waals surface area contributed by atoms with Crippen molar-refractivity contribution in [2.45, 2.75) is 13.0 Å². The molecular formula is C12H15ClN2O. The lowest BCUT2D eigenvalue weighted by Gasteiger charge is -2.21. The molecule has 0 N–H and O–H groups in total. The normalized spacial score (nSPS) is 12.3. The molecule has 0 heterocycles. The van der Waals surface area contributed by atoms with Gasteiger partial charge >= 0.3 is 0 Å². The summed E-state index contributed by atoms with van der Waals surface area (Å²) in [7, 11) is 5.30. The molecule has 16 heavy (non-hydrogen) atoms. The molecule has 0 aromatic heterocycles. The van der Waals surface area contributed by atoms with Crippen molar-refractivity contribution in [3.8, 4) is 11.8 Å². The molecule has 0 saturated carbocycles. The molecule has 1 rings (SSSR count). The van der Waals surface area contributed by atoms with E-state index >= 15 is 0 Å². The molecule has 0 amide bonds. The van der Waals surface area contributed by atoms with E-state index in [4.69, 9.17) is 21.6 Å². The molecule has 0 aliphatic heterocycles. The topological polar surface area (TPSA) is 36.3 Å². The molecule has 0 radical (unpaired) electrons. The SMILES string of the molecule is COc1c(C)cc(Cl)cc1C(C#N)N(C)C. The fourth-order valence-corrected chi connectivity index (χ4v) is 1.98. The van der Waals surface area contributed by atoms with Gasteiger partial charge in [0.2, 0.25) is 0 Å². The van der Waals surface area contributed by atoms with Crippen molar-refractivity contribution in [2.75, 3.05) is 21.2 Å². The van der Waals surface area contributed by atoms with Crippen LogP contribution in [0.1, 0.15) is 17.2 Å².